The van der Waals surface area contributed by atoms with Gasteiger partial charge in [-0.1, -0.05) is 37.5 Å². The Bertz CT molecular complexity index is 1430. The van der Waals surface area contributed by atoms with Crippen LogP contribution in [0.25, 0.3) is 10.9 Å². The van der Waals surface area contributed by atoms with Crippen molar-refractivity contribution >= 4 is 22.2 Å². The van der Waals surface area contributed by atoms with Gasteiger partial charge in [-0.15, -0.1) is 16.4 Å². The quantitative estimate of drug-likeness (QED) is 0.324. The van der Waals surface area contributed by atoms with Crippen LogP contribution in [0.1, 0.15) is 84.4 Å². The van der Waals surface area contributed by atoms with Crippen molar-refractivity contribution < 1.29 is 4.74 Å². The largest absolute Gasteiger partial charge is 0.377 e. The molecule has 4 heterocycles. The molecule has 2 aliphatic rings. The monoisotopic (exact) mass is 532 g/mol. The zero-order valence-electron chi connectivity index (χ0n) is 22.2. The highest BCUT2D eigenvalue weighted by Crippen LogP contribution is 2.35. The fraction of sp³-hybridized carbons (Fsp3) is 0.517. The summed E-state index contributed by atoms with van der Waals surface area (Å²) in [5, 5.41) is 16.5. The minimum atomic E-state index is -0.397. The first-order valence-electron chi connectivity index (χ1n) is 13.9. The van der Waals surface area contributed by atoms with Crippen molar-refractivity contribution in [3.63, 3.8) is 0 Å². The van der Waals surface area contributed by atoms with Gasteiger partial charge >= 0.3 is 0 Å². The maximum absolute atomic E-state index is 13.9. The summed E-state index contributed by atoms with van der Waals surface area (Å²) in [5.74, 6) is 0.751. The number of rotatable bonds is 8. The van der Waals surface area contributed by atoms with Crippen LogP contribution in [0.15, 0.2) is 40.5 Å². The lowest BCUT2D eigenvalue weighted by atomic mass is 9.94. The number of tetrazole rings is 1. The smallest absolute Gasteiger partial charge is 0.253 e. The topological polar surface area (TPSA) is 88.9 Å². The predicted octanol–water partition coefficient (Wildman–Crippen LogP) is 5.47. The highest BCUT2D eigenvalue weighted by molar-refractivity contribution is 7.09. The molecule has 1 saturated heterocycles. The second-order valence-electron chi connectivity index (χ2n) is 10.9. The van der Waals surface area contributed by atoms with Gasteiger partial charge in [0.1, 0.15) is 6.04 Å². The van der Waals surface area contributed by atoms with Gasteiger partial charge in [0.2, 0.25) is 0 Å². The van der Waals surface area contributed by atoms with E-state index in [1.54, 1.807) is 11.3 Å². The number of nitrogens with one attached hydrogen (secondary N) is 1. The van der Waals surface area contributed by atoms with Crippen molar-refractivity contribution in [3.05, 3.63) is 73.5 Å². The SMILES string of the molecule is Cc1ccc(C)c2[nH]c(=O)c([C@@H](c3nnnn3C3CCCCC3)N(Cc3cccs3)C[C@H]3CCCO3)cc12. The molecule has 8 nitrogen and oxygen atoms in total. The van der Waals surface area contributed by atoms with Crippen LogP contribution >= 0.6 is 11.3 Å². The molecule has 1 N–H and O–H groups in total. The van der Waals surface area contributed by atoms with Crippen LogP contribution in [0.2, 0.25) is 0 Å². The first-order chi connectivity index (χ1) is 18.6. The summed E-state index contributed by atoms with van der Waals surface area (Å²) >= 11 is 1.74. The molecule has 38 heavy (non-hydrogen) atoms. The van der Waals surface area contributed by atoms with E-state index in [0.29, 0.717) is 18.7 Å². The molecule has 4 aromatic rings. The average molecular weight is 533 g/mol. The molecule has 2 atom stereocenters. The Morgan fingerprint density at radius 3 is 2.74 bits per heavy atom. The molecule has 1 saturated carbocycles. The Morgan fingerprint density at radius 1 is 1.13 bits per heavy atom. The molecule has 3 aromatic heterocycles. The summed E-state index contributed by atoms with van der Waals surface area (Å²) in [7, 11) is 0. The molecule has 9 heteroatoms. The summed E-state index contributed by atoms with van der Waals surface area (Å²) in [6, 6.07) is 10.4. The summed E-state index contributed by atoms with van der Waals surface area (Å²) in [6.07, 6.45) is 7.95. The Hall–Kier alpha value is -2.88. The van der Waals surface area contributed by atoms with Gasteiger partial charge in [-0.3, -0.25) is 9.69 Å². The number of pyridine rings is 1. The van der Waals surface area contributed by atoms with Crippen molar-refractivity contribution in [2.24, 2.45) is 0 Å². The molecule has 6 rings (SSSR count). The van der Waals surface area contributed by atoms with Crippen LogP contribution in [0.3, 0.4) is 0 Å². The van der Waals surface area contributed by atoms with Gasteiger partial charge in [-0.05, 0) is 78.6 Å². The molecule has 0 unspecified atom stereocenters. The standard InChI is InChI=1S/C29H36N6O2S/c1-19-12-13-20(2)26-24(19)16-25(29(36)30-26)27(28-31-32-33-35(28)21-8-4-3-5-9-21)34(17-22-10-6-14-37-22)18-23-11-7-15-38-23/h7,11-13,15-16,21-22,27H,3-6,8-10,14,17-18H2,1-2H3,(H,30,36)/t22-,27+/m1/s1. The number of hydrogen-bond acceptors (Lipinski definition) is 7. The van der Waals surface area contributed by atoms with E-state index in [9.17, 15) is 4.79 Å². The van der Waals surface area contributed by atoms with Crippen molar-refractivity contribution in [1.29, 1.82) is 0 Å². The minimum absolute atomic E-state index is 0.0853. The van der Waals surface area contributed by atoms with Crippen LogP contribution in [0, 0.1) is 13.8 Å². The number of nitrogens with zero attached hydrogens (tertiary/aromatic N) is 5. The molecule has 0 amide bonds. The lowest BCUT2D eigenvalue weighted by Gasteiger charge is -2.33. The molecule has 2 fully saturated rings. The summed E-state index contributed by atoms with van der Waals surface area (Å²) in [4.78, 5) is 20.7. The molecule has 200 valence electrons. The Morgan fingerprint density at radius 2 is 1.97 bits per heavy atom. The number of benzene rings is 1. The van der Waals surface area contributed by atoms with E-state index in [0.717, 1.165) is 60.1 Å². The number of aryl methyl sites for hydroxylation is 2. The molecule has 0 spiro atoms. The highest BCUT2D eigenvalue weighted by atomic mass is 32.1. The number of aromatic nitrogens is 5. The van der Waals surface area contributed by atoms with Crippen molar-refractivity contribution in [3.8, 4) is 0 Å². The van der Waals surface area contributed by atoms with E-state index < -0.39 is 6.04 Å². The van der Waals surface area contributed by atoms with E-state index in [-0.39, 0.29) is 17.7 Å². The highest BCUT2D eigenvalue weighted by Gasteiger charge is 2.35. The van der Waals surface area contributed by atoms with E-state index >= 15 is 0 Å². The molecule has 1 aromatic carbocycles. The third kappa shape index (κ3) is 5.07. The second kappa shape index (κ2) is 11.1. The molecule has 1 aliphatic heterocycles. The van der Waals surface area contributed by atoms with Crippen LogP contribution in [-0.4, -0.2) is 49.3 Å². The van der Waals surface area contributed by atoms with Gasteiger partial charge in [0.05, 0.1) is 17.7 Å². The molecule has 0 radical (unpaired) electrons. The first-order valence-corrected chi connectivity index (χ1v) is 14.8. The van der Waals surface area contributed by atoms with E-state index in [1.807, 2.05) is 11.6 Å². The van der Waals surface area contributed by atoms with Crippen LogP contribution in [0.5, 0.6) is 0 Å². The zero-order valence-corrected chi connectivity index (χ0v) is 23.0. The van der Waals surface area contributed by atoms with Crippen molar-refractivity contribution in [2.75, 3.05) is 13.2 Å². The number of fused-ring (bicyclic) bond motifs is 1. The van der Waals surface area contributed by atoms with Gasteiger partial charge < -0.3 is 9.72 Å². The molecule has 0 bridgehead atoms. The Balaban J connectivity index is 1.52. The molecule has 1 aliphatic carbocycles. The van der Waals surface area contributed by atoms with E-state index in [2.05, 4.69) is 68.0 Å². The number of H-pyrrole nitrogens is 1. The number of hydrogen-bond donors (Lipinski definition) is 1. The fourth-order valence-electron chi connectivity index (χ4n) is 6.17. The molecular formula is C29H36N6O2S. The van der Waals surface area contributed by atoms with Crippen LogP contribution in [0.4, 0.5) is 0 Å². The van der Waals surface area contributed by atoms with Crippen molar-refractivity contribution in [1.82, 2.24) is 30.1 Å². The van der Waals surface area contributed by atoms with E-state index in [1.165, 1.54) is 24.1 Å². The lowest BCUT2D eigenvalue weighted by Crippen LogP contribution is -2.39. The lowest BCUT2D eigenvalue weighted by molar-refractivity contribution is 0.0571. The van der Waals surface area contributed by atoms with E-state index in [4.69, 9.17) is 4.74 Å². The number of thiophene rings is 1. The van der Waals surface area contributed by atoms with Crippen LogP contribution in [-0.2, 0) is 11.3 Å². The maximum Gasteiger partial charge on any atom is 0.253 e. The minimum Gasteiger partial charge on any atom is -0.377 e. The zero-order chi connectivity index (χ0) is 26.1. The van der Waals surface area contributed by atoms with Crippen molar-refractivity contribution in [2.45, 2.75) is 83.5 Å². The number of aromatic amines is 1. The predicted molar refractivity (Wildman–Crippen MR) is 150 cm³/mol. The number of ether oxygens (including phenoxy) is 1. The molecular weight excluding hydrogens is 496 g/mol. The third-order valence-corrected chi connectivity index (χ3v) is 9.08. The van der Waals surface area contributed by atoms with Gasteiger partial charge in [0.25, 0.3) is 5.56 Å². The van der Waals surface area contributed by atoms with Gasteiger partial charge in [-0.2, -0.15) is 0 Å². The second-order valence-corrected chi connectivity index (χ2v) is 11.9. The Kier molecular flexibility index (Phi) is 7.41. The van der Waals surface area contributed by atoms with Gasteiger partial charge in [0, 0.05) is 35.5 Å². The summed E-state index contributed by atoms with van der Waals surface area (Å²) < 4.78 is 8.13. The third-order valence-electron chi connectivity index (χ3n) is 8.22. The fourth-order valence-corrected chi connectivity index (χ4v) is 6.90. The maximum atomic E-state index is 13.9. The van der Waals surface area contributed by atoms with Gasteiger partial charge in [0.15, 0.2) is 5.82 Å². The van der Waals surface area contributed by atoms with Gasteiger partial charge in [-0.25, -0.2) is 4.68 Å². The Labute approximate surface area is 227 Å². The summed E-state index contributed by atoms with van der Waals surface area (Å²) in [5.41, 5.74) is 3.70. The summed E-state index contributed by atoms with van der Waals surface area (Å²) in [6.45, 7) is 6.34. The normalized spacial score (nSPS) is 19.5. The first kappa shape index (κ1) is 25.4. The van der Waals surface area contributed by atoms with Crippen LogP contribution < -0.4 is 5.56 Å². The average Bonchev–Trinajstić information content (AvgIpc) is 3.72.